The van der Waals surface area contributed by atoms with E-state index in [0.29, 0.717) is 13.2 Å². The van der Waals surface area contributed by atoms with E-state index < -0.39 is 11.8 Å². The first-order chi connectivity index (χ1) is 5.20. The van der Waals surface area contributed by atoms with Crippen LogP contribution < -0.4 is 10.6 Å². The lowest BCUT2D eigenvalue weighted by atomic mass is 10.1. The molecule has 0 spiro atoms. The molecule has 1 unspecified atom stereocenters. The fraction of sp³-hybridized carbons (Fsp3) is 0.667. The number of carbonyl (C=O) groups excluding carboxylic acids is 1. The van der Waals surface area contributed by atoms with Crippen molar-refractivity contribution in [2.75, 3.05) is 13.2 Å². The van der Waals surface area contributed by atoms with Crippen LogP contribution in [0.1, 0.15) is 6.42 Å². The van der Waals surface area contributed by atoms with Crippen LogP contribution >= 0.6 is 0 Å². The topological polar surface area (TPSA) is 78.4 Å². The largest absolute Gasteiger partial charge is 0.476 e. The smallest absolute Gasteiger partial charge is 0.372 e. The van der Waals surface area contributed by atoms with Gasteiger partial charge in [-0.05, 0) is 0 Å². The molecule has 0 bridgehead atoms. The minimum Gasteiger partial charge on any atom is -0.476 e. The normalized spacial score (nSPS) is 23.5. The first-order valence-electron chi connectivity index (χ1n) is 3.40. The van der Waals surface area contributed by atoms with Crippen molar-refractivity contribution in [3.63, 3.8) is 0 Å². The number of hydrogen-bond donors (Lipinski definition) is 3. The Bertz CT molecular complexity index is 175. The van der Waals surface area contributed by atoms with Crippen LogP contribution in [-0.4, -0.2) is 36.1 Å². The van der Waals surface area contributed by atoms with Crippen LogP contribution in [0.4, 0.5) is 0 Å². The van der Waals surface area contributed by atoms with Gasteiger partial charge in [-0.1, -0.05) is 0 Å². The Balaban J connectivity index is 2.29. The standard InChI is InChI=1S/C6H10N2O3/c9-5(6(10)11)1-4-2-7-3-8-4/h4,7-8H,1-3H2,(H,10,11). The molecule has 1 aliphatic heterocycles. The number of carboxylic acids is 1. The molecule has 0 aliphatic carbocycles. The van der Waals surface area contributed by atoms with Crippen molar-refractivity contribution >= 4 is 11.8 Å². The zero-order chi connectivity index (χ0) is 8.27. The van der Waals surface area contributed by atoms with Crippen molar-refractivity contribution in [1.29, 1.82) is 0 Å². The third kappa shape index (κ3) is 2.28. The molecular weight excluding hydrogens is 148 g/mol. The summed E-state index contributed by atoms with van der Waals surface area (Å²) in [5.74, 6) is -2.08. The fourth-order valence-electron chi connectivity index (χ4n) is 0.991. The molecular formula is C6H10N2O3. The van der Waals surface area contributed by atoms with Gasteiger partial charge in [0.25, 0.3) is 0 Å². The lowest BCUT2D eigenvalue weighted by Gasteiger charge is -2.04. The predicted octanol–water partition coefficient (Wildman–Crippen LogP) is -1.45. The molecule has 1 aliphatic rings. The number of Topliss-reactive ketones (excluding diaryl/α,β-unsaturated/α-hetero) is 1. The molecule has 0 saturated carbocycles. The molecule has 1 rings (SSSR count). The summed E-state index contributed by atoms with van der Waals surface area (Å²) in [5.41, 5.74) is 0. The van der Waals surface area contributed by atoms with Gasteiger partial charge in [0.1, 0.15) is 0 Å². The average molecular weight is 158 g/mol. The van der Waals surface area contributed by atoms with E-state index in [-0.39, 0.29) is 12.5 Å². The molecule has 0 radical (unpaired) electrons. The Labute approximate surface area is 63.8 Å². The molecule has 62 valence electrons. The second-order valence-corrected chi connectivity index (χ2v) is 2.46. The Morgan fingerprint density at radius 3 is 2.73 bits per heavy atom. The number of rotatable bonds is 3. The maximum absolute atomic E-state index is 10.6. The minimum atomic E-state index is -1.35. The number of aliphatic carboxylic acids is 1. The Morgan fingerprint density at radius 2 is 2.27 bits per heavy atom. The summed E-state index contributed by atoms with van der Waals surface area (Å²) in [6.07, 6.45) is 0.0718. The highest BCUT2D eigenvalue weighted by atomic mass is 16.4. The monoisotopic (exact) mass is 158 g/mol. The number of carbonyl (C=O) groups is 2. The van der Waals surface area contributed by atoms with E-state index in [1.807, 2.05) is 0 Å². The van der Waals surface area contributed by atoms with E-state index in [1.165, 1.54) is 0 Å². The second-order valence-electron chi connectivity index (χ2n) is 2.46. The molecule has 1 heterocycles. The van der Waals surface area contributed by atoms with Crippen LogP contribution in [0.3, 0.4) is 0 Å². The summed E-state index contributed by atoms with van der Waals surface area (Å²) in [6, 6.07) is -0.0152. The van der Waals surface area contributed by atoms with Gasteiger partial charge < -0.3 is 10.4 Å². The van der Waals surface area contributed by atoms with Gasteiger partial charge in [-0.2, -0.15) is 0 Å². The Hall–Kier alpha value is -0.940. The van der Waals surface area contributed by atoms with Crippen molar-refractivity contribution in [2.45, 2.75) is 12.5 Å². The van der Waals surface area contributed by atoms with Gasteiger partial charge in [-0.3, -0.25) is 10.1 Å². The fourth-order valence-corrected chi connectivity index (χ4v) is 0.991. The van der Waals surface area contributed by atoms with Gasteiger partial charge in [-0.15, -0.1) is 0 Å². The molecule has 11 heavy (non-hydrogen) atoms. The average Bonchev–Trinajstić information content (AvgIpc) is 2.39. The lowest BCUT2D eigenvalue weighted by Crippen LogP contribution is -2.29. The quantitative estimate of drug-likeness (QED) is 0.438. The van der Waals surface area contributed by atoms with Crippen molar-refractivity contribution in [2.24, 2.45) is 0 Å². The molecule has 3 N–H and O–H groups in total. The Morgan fingerprint density at radius 1 is 1.55 bits per heavy atom. The Kier molecular flexibility index (Phi) is 2.56. The highest BCUT2D eigenvalue weighted by molar-refractivity contribution is 6.32. The van der Waals surface area contributed by atoms with E-state index in [0.717, 1.165) is 0 Å². The number of carboxylic acid groups (broad SMARTS) is 1. The predicted molar refractivity (Wildman–Crippen MR) is 37.1 cm³/mol. The molecule has 1 atom stereocenters. The van der Waals surface area contributed by atoms with Crippen LogP contribution in [0.15, 0.2) is 0 Å². The first-order valence-corrected chi connectivity index (χ1v) is 3.40. The molecule has 1 fully saturated rings. The summed E-state index contributed by atoms with van der Waals surface area (Å²) in [4.78, 5) is 20.7. The second kappa shape index (κ2) is 3.45. The van der Waals surface area contributed by atoms with E-state index in [2.05, 4.69) is 10.6 Å². The highest BCUT2D eigenvalue weighted by Crippen LogP contribution is 1.95. The summed E-state index contributed by atoms with van der Waals surface area (Å²) in [5, 5.41) is 14.2. The molecule has 1 saturated heterocycles. The van der Waals surface area contributed by atoms with Gasteiger partial charge in [0.05, 0.1) is 0 Å². The van der Waals surface area contributed by atoms with Crippen LogP contribution in [0, 0.1) is 0 Å². The van der Waals surface area contributed by atoms with Crippen LogP contribution in [0.2, 0.25) is 0 Å². The van der Waals surface area contributed by atoms with Crippen molar-refractivity contribution in [3.05, 3.63) is 0 Å². The van der Waals surface area contributed by atoms with E-state index in [4.69, 9.17) is 5.11 Å². The van der Waals surface area contributed by atoms with Gasteiger partial charge in [-0.25, -0.2) is 4.79 Å². The van der Waals surface area contributed by atoms with Gasteiger partial charge in [0.2, 0.25) is 5.78 Å². The SMILES string of the molecule is O=C(O)C(=O)CC1CNCN1. The zero-order valence-electron chi connectivity index (χ0n) is 5.96. The zero-order valence-corrected chi connectivity index (χ0v) is 5.96. The van der Waals surface area contributed by atoms with Gasteiger partial charge in [0.15, 0.2) is 0 Å². The third-order valence-electron chi connectivity index (χ3n) is 1.58. The van der Waals surface area contributed by atoms with Gasteiger partial charge in [0, 0.05) is 25.7 Å². The van der Waals surface area contributed by atoms with Crippen molar-refractivity contribution in [3.8, 4) is 0 Å². The maximum Gasteiger partial charge on any atom is 0.372 e. The van der Waals surface area contributed by atoms with Crippen molar-refractivity contribution in [1.82, 2.24) is 10.6 Å². The summed E-state index contributed by atoms with van der Waals surface area (Å²) < 4.78 is 0. The van der Waals surface area contributed by atoms with E-state index >= 15 is 0 Å². The third-order valence-corrected chi connectivity index (χ3v) is 1.58. The minimum absolute atomic E-state index is 0.0152. The van der Waals surface area contributed by atoms with Crippen molar-refractivity contribution < 1.29 is 14.7 Å². The summed E-state index contributed by atoms with van der Waals surface area (Å²) in [6.45, 7) is 1.32. The molecule has 0 aromatic carbocycles. The molecule has 0 amide bonds. The molecule has 5 nitrogen and oxygen atoms in total. The van der Waals surface area contributed by atoms with E-state index in [1.54, 1.807) is 0 Å². The molecule has 5 heteroatoms. The number of hydrogen-bond acceptors (Lipinski definition) is 4. The highest BCUT2D eigenvalue weighted by Gasteiger charge is 2.20. The molecule has 0 aromatic rings. The first kappa shape index (κ1) is 8.16. The lowest BCUT2D eigenvalue weighted by molar-refractivity contribution is -0.149. The van der Waals surface area contributed by atoms with Gasteiger partial charge >= 0.3 is 5.97 Å². The van der Waals surface area contributed by atoms with Crippen LogP contribution in [0.25, 0.3) is 0 Å². The van der Waals surface area contributed by atoms with E-state index in [9.17, 15) is 9.59 Å². The van der Waals surface area contributed by atoms with Crippen LogP contribution in [0.5, 0.6) is 0 Å². The summed E-state index contributed by atoms with van der Waals surface area (Å²) >= 11 is 0. The number of ketones is 1. The number of nitrogens with one attached hydrogen (secondary N) is 2. The maximum atomic E-state index is 10.6. The molecule has 0 aromatic heterocycles. The van der Waals surface area contributed by atoms with Crippen LogP contribution in [-0.2, 0) is 9.59 Å². The summed E-state index contributed by atoms with van der Waals surface area (Å²) in [7, 11) is 0.